The summed E-state index contributed by atoms with van der Waals surface area (Å²) >= 11 is 0. The molecule has 0 bridgehead atoms. The molecule has 1 heterocycles. The Morgan fingerprint density at radius 2 is 1.90 bits per heavy atom. The van der Waals surface area contributed by atoms with Crippen molar-refractivity contribution >= 4 is 12.6 Å². The fourth-order valence-electron chi connectivity index (χ4n) is 1.81. The average molecular weight is 272 g/mol. The van der Waals surface area contributed by atoms with Gasteiger partial charge in [0.1, 0.15) is 0 Å². The standard InChI is InChI=1S/C15H21BN2O2/c1-11(2)15(3,4)20-16(19)13-10-17-18-14(13)12-8-6-5-7-9-12/h5-11,19H,1-4H3,(H,17,18). The molecular formula is C15H21BN2O2. The Kier molecular flexibility index (Phi) is 4.31. The Balaban J connectivity index is 2.25. The summed E-state index contributed by atoms with van der Waals surface area (Å²) in [7, 11) is -0.999. The predicted molar refractivity (Wildman–Crippen MR) is 81.6 cm³/mol. The molecule has 0 radical (unpaired) electrons. The minimum atomic E-state index is -0.999. The van der Waals surface area contributed by atoms with Gasteiger partial charge >= 0.3 is 7.12 Å². The zero-order valence-corrected chi connectivity index (χ0v) is 12.4. The Bertz CT molecular complexity index is 552. The highest BCUT2D eigenvalue weighted by Gasteiger charge is 2.32. The van der Waals surface area contributed by atoms with Crippen LogP contribution in [0.5, 0.6) is 0 Å². The van der Waals surface area contributed by atoms with Crippen LogP contribution in [-0.2, 0) is 4.65 Å². The van der Waals surface area contributed by atoms with E-state index in [9.17, 15) is 5.02 Å². The van der Waals surface area contributed by atoms with Gasteiger partial charge in [-0.1, -0.05) is 44.2 Å². The lowest BCUT2D eigenvalue weighted by molar-refractivity contribution is 0.0424. The highest BCUT2D eigenvalue weighted by Crippen LogP contribution is 2.22. The van der Waals surface area contributed by atoms with Gasteiger partial charge < -0.3 is 9.68 Å². The number of hydrogen-bond acceptors (Lipinski definition) is 3. The molecule has 0 atom stereocenters. The quantitative estimate of drug-likeness (QED) is 0.820. The van der Waals surface area contributed by atoms with E-state index in [2.05, 4.69) is 24.0 Å². The molecule has 0 aliphatic rings. The van der Waals surface area contributed by atoms with Gasteiger partial charge in [0.2, 0.25) is 0 Å². The SMILES string of the molecule is CC(C)C(C)(C)OB(O)c1cn[nH]c1-c1ccccc1. The van der Waals surface area contributed by atoms with E-state index < -0.39 is 12.7 Å². The van der Waals surface area contributed by atoms with Crippen LogP contribution >= 0.6 is 0 Å². The van der Waals surface area contributed by atoms with Crippen LogP contribution in [0.1, 0.15) is 27.7 Å². The molecule has 2 aromatic rings. The van der Waals surface area contributed by atoms with Crippen molar-refractivity contribution in [3.63, 3.8) is 0 Å². The molecule has 0 spiro atoms. The van der Waals surface area contributed by atoms with Crippen molar-refractivity contribution in [2.45, 2.75) is 33.3 Å². The van der Waals surface area contributed by atoms with Gasteiger partial charge in [-0.15, -0.1) is 0 Å². The number of aromatic amines is 1. The predicted octanol–water partition coefficient (Wildman–Crippen LogP) is 2.22. The molecule has 2 rings (SSSR count). The first kappa shape index (κ1) is 14.8. The van der Waals surface area contributed by atoms with Gasteiger partial charge in [-0.2, -0.15) is 5.10 Å². The first-order chi connectivity index (χ1) is 9.42. The van der Waals surface area contributed by atoms with E-state index in [0.29, 0.717) is 11.4 Å². The number of aromatic nitrogens is 2. The van der Waals surface area contributed by atoms with Crippen molar-refractivity contribution in [3.8, 4) is 11.3 Å². The summed E-state index contributed by atoms with van der Waals surface area (Å²) in [6, 6.07) is 9.79. The van der Waals surface area contributed by atoms with Gasteiger partial charge in [0.05, 0.1) is 11.3 Å². The molecule has 1 aromatic heterocycles. The maximum Gasteiger partial charge on any atom is 0.495 e. The van der Waals surface area contributed by atoms with Crippen LogP contribution in [0, 0.1) is 5.92 Å². The highest BCUT2D eigenvalue weighted by atomic mass is 16.5. The number of nitrogens with one attached hydrogen (secondary N) is 1. The summed E-state index contributed by atoms with van der Waals surface area (Å²) in [6.45, 7) is 8.09. The summed E-state index contributed by atoms with van der Waals surface area (Å²) < 4.78 is 5.80. The van der Waals surface area contributed by atoms with E-state index >= 15 is 0 Å². The van der Waals surface area contributed by atoms with Crippen molar-refractivity contribution < 1.29 is 9.68 Å². The van der Waals surface area contributed by atoms with Gasteiger partial charge in [-0.25, -0.2) is 0 Å². The minimum absolute atomic E-state index is 0.296. The molecule has 0 aliphatic carbocycles. The van der Waals surface area contributed by atoms with Gasteiger partial charge in [0.25, 0.3) is 0 Å². The van der Waals surface area contributed by atoms with Gasteiger partial charge in [0.15, 0.2) is 0 Å². The van der Waals surface area contributed by atoms with E-state index in [1.165, 1.54) is 0 Å². The lowest BCUT2D eigenvalue weighted by Gasteiger charge is -2.31. The summed E-state index contributed by atoms with van der Waals surface area (Å²) in [4.78, 5) is 0. The molecule has 0 unspecified atom stereocenters. The van der Waals surface area contributed by atoms with Gasteiger partial charge in [0, 0.05) is 11.7 Å². The van der Waals surface area contributed by atoms with E-state index in [-0.39, 0.29) is 0 Å². The van der Waals surface area contributed by atoms with E-state index in [1.54, 1.807) is 6.20 Å². The number of hydrogen-bond donors (Lipinski definition) is 2. The third kappa shape index (κ3) is 3.11. The van der Waals surface area contributed by atoms with Crippen LogP contribution in [0.15, 0.2) is 36.5 Å². The topological polar surface area (TPSA) is 58.1 Å². The largest absolute Gasteiger partial charge is 0.495 e. The van der Waals surface area contributed by atoms with E-state index in [1.807, 2.05) is 44.2 Å². The molecule has 0 amide bonds. The second-order valence-corrected chi connectivity index (χ2v) is 5.79. The molecule has 4 nitrogen and oxygen atoms in total. The van der Waals surface area contributed by atoms with E-state index in [4.69, 9.17) is 4.65 Å². The fourth-order valence-corrected chi connectivity index (χ4v) is 1.81. The Hall–Kier alpha value is -1.59. The number of rotatable bonds is 5. The zero-order chi connectivity index (χ0) is 14.8. The summed E-state index contributed by atoms with van der Waals surface area (Å²) in [5.74, 6) is 0.296. The fraction of sp³-hybridized carbons (Fsp3) is 0.400. The van der Waals surface area contributed by atoms with Crippen molar-refractivity contribution in [2.24, 2.45) is 5.92 Å². The molecular weight excluding hydrogens is 251 g/mol. The number of nitrogens with zero attached hydrogens (tertiary/aromatic N) is 1. The van der Waals surface area contributed by atoms with Crippen molar-refractivity contribution in [1.82, 2.24) is 10.2 Å². The lowest BCUT2D eigenvalue weighted by Crippen LogP contribution is -2.44. The molecule has 2 N–H and O–H groups in total. The minimum Gasteiger partial charge on any atom is -0.423 e. The van der Waals surface area contributed by atoms with Crippen LogP contribution in [0.4, 0.5) is 0 Å². The average Bonchev–Trinajstić information content (AvgIpc) is 2.88. The van der Waals surface area contributed by atoms with Crippen LogP contribution in [-0.4, -0.2) is 27.9 Å². The third-order valence-corrected chi connectivity index (χ3v) is 3.80. The van der Waals surface area contributed by atoms with E-state index in [0.717, 1.165) is 11.3 Å². The van der Waals surface area contributed by atoms with Gasteiger partial charge in [-0.3, -0.25) is 5.10 Å². The third-order valence-electron chi connectivity index (χ3n) is 3.80. The molecule has 0 saturated carbocycles. The highest BCUT2D eigenvalue weighted by molar-refractivity contribution is 6.61. The van der Waals surface area contributed by atoms with Crippen LogP contribution in [0.2, 0.25) is 0 Å². The molecule has 0 saturated heterocycles. The Morgan fingerprint density at radius 1 is 1.25 bits per heavy atom. The molecule has 1 aromatic carbocycles. The summed E-state index contributed by atoms with van der Waals surface area (Å²) in [5.41, 5.74) is 2.01. The lowest BCUT2D eigenvalue weighted by atomic mass is 9.76. The molecule has 20 heavy (non-hydrogen) atoms. The first-order valence-corrected chi connectivity index (χ1v) is 6.86. The smallest absolute Gasteiger partial charge is 0.423 e. The van der Waals surface area contributed by atoms with Gasteiger partial charge in [-0.05, 0) is 25.3 Å². The monoisotopic (exact) mass is 272 g/mol. The first-order valence-electron chi connectivity index (χ1n) is 6.86. The molecule has 0 fully saturated rings. The van der Waals surface area contributed by atoms with Crippen LogP contribution in [0.25, 0.3) is 11.3 Å². The Labute approximate surface area is 120 Å². The zero-order valence-electron chi connectivity index (χ0n) is 12.4. The maximum atomic E-state index is 10.4. The molecule has 0 aliphatic heterocycles. The van der Waals surface area contributed by atoms with Crippen molar-refractivity contribution in [2.75, 3.05) is 0 Å². The molecule has 106 valence electrons. The maximum absolute atomic E-state index is 10.4. The second-order valence-electron chi connectivity index (χ2n) is 5.79. The number of benzene rings is 1. The van der Waals surface area contributed by atoms with Crippen LogP contribution < -0.4 is 5.46 Å². The van der Waals surface area contributed by atoms with Crippen molar-refractivity contribution in [3.05, 3.63) is 36.5 Å². The summed E-state index contributed by atoms with van der Waals surface area (Å²) in [5, 5.41) is 17.3. The van der Waals surface area contributed by atoms with Crippen LogP contribution in [0.3, 0.4) is 0 Å². The summed E-state index contributed by atoms with van der Waals surface area (Å²) in [6.07, 6.45) is 1.61. The second kappa shape index (κ2) is 5.81. The normalized spacial score (nSPS) is 11.9. The van der Waals surface area contributed by atoms with Crippen molar-refractivity contribution in [1.29, 1.82) is 0 Å². The molecule has 5 heteroatoms. The Morgan fingerprint density at radius 3 is 2.50 bits per heavy atom. The number of H-pyrrole nitrogens is 1.